The van der Waals surface area contributed by atoms with Crippen molar-refractivity contribution in [2.24, 2.45) is 0 Å². The van der Waals surface area contributed by atoms with Gasteiger partial charge in [0.2, 0.25) is 0 Å². The van der Waals surface area contributed by atoms with Crippen molar-refractivity contribution >= 4 is 15.8 Å². The molecular formula is C11H16N2O4S. The van der Waals surface area contributed by atoms with Gasteiger partial charge in [0.15, 0.2) is 9.84 Å². The summed E-state index contributed by atoms with van der Waals surface area (Å²) in [5, 5.41) is 7.97. The molecule has 1 rings (SSSR count). The van der Waals surface area contributed by atoms with E-state index in [9.17, 15) is 13.2 Å². The average Bonchev–Trinajstić information content (AvgIpc) is 2.20. The molecule has 0 bridgehead atoms. The number of hydrogen-bond donors (Lipinski definition) is 1. The molecule has 0 aromatic carbocycles. The Labute approximate surface area is 106 Å². The molecule has 1 aromatic rings. The molecule has 100 valence electrons. The van der Waals surface area contributed by atoms with E-state index in [-0.39, 0.29) is 12.2 Å². The second-order valence-corrected chi connectivity index (χ2v) is 6.64. The Morgan fingerprint density at radius 1 is 1.28 bits per heavy atom. The van der Waals surface area contributed by atoms with Crippen LogP contribution in [0.2, 0.25) is 0 Å². The molecule has 6 nitrogen and oxygen atoms in total. The molecule has 18 heavy (non-hydrogen) atoms. The molecule has 0 aliphatic rings. The number of hydrogen-bond acceptors (Lipinski definition) is 5. The molecule has 0 saturated carbocycles. The third-order valence-electron chi connectivity index (χ3n) is 2.77. The summed E-state index contributed by atoms with van der Waals surface area (Å²) in [6.07, 6.45) is 0.960. The largest absolute Gasteiger partial charge is 0.481 e. The van der Waals surface area contributed by atoms with Crippen molar-refractivity contribution < 1.29 is 18.3 Å². The Balaban J connectivity index is 3.26. The van der Waals surface area contributed by atoms with Gasteiger partial charge in [-0.05, 0) is 20.8 Å². The van der Waals surface area contributed by atoms with Gasteiger partial charge >= 0.3 is 5.97 Å². The Morgan fingerprint density at radius 2 is 1.72 bits per heavy atom. The van der Waals surface area contributed by atoms with Gasteiger partial charge < -0.3 is 5.11 Å². The van der Waals surface area contributed by atoms with Crippen LogP contribution in [0.5, 0.6) is 0 Å². The van der Waals surface area contributed by atoms with E-state index >= 15 is 0 Å². The van der Waals surface area contributed by atoms with Crippen molar-refractivity contribution in [3.05, 3.63) is 22.8 Å². The summed E-state index contributed by atoms with van der Waals surface area (Å²) < 4.78 is 22.9. The van der Waals surface area contributed by atoms with Crippen molar-refractivity contribution in [3.63, 3.8) is 0 Å². The molecule has 0 saturated heterocycles. The second kappa shape index (κ2) is 5.01. The number of aromatic nitrogens is 2. The van der Waals surface area contributed by atoms with Crippen LogP contribution in [0, 0.1) is 13.8 Å². The lowest BCUT2D eigenvalue weighted by Crippen LogP contribution is -2.15. The quantitative estimate of drug-likeness (QED) is 0.871. The van der Waals surface area contributed by atoms with Crippen LogP contribution in [0.25, 0.3) is 0 Å². The van der Waals surface area contributed by atoms with E-state index in [0.29, 0.717) is 17.0 Å². The lowest BCUT2D eigenvalue weighted by molar-refractivity contribution is -0.136. The summed E-state index contributed by atoms with van der Waals surface area (Å²) in [4.78, 5) is 18.9. The van der Waals surface area contributed by atoms with Gasteiger partial charge in [0, 0.05) is 23.2 Å². The normalized spacial score (nSPS) is 13.3. The van der Waals surface area contributed by atoms with E-state index in [0.717, 1.165) is 6.26 Å². The van der Waals surface area contributed by atoms with Gasteiger partial charge in [0.25, 0.3) is 0 Å². The predicted molar refractivity (Wildman–Crippen MR) is 66.1 cm³/mol. The lowest BCUT2D eigenvalue weighted by Gasteiger charge is -2.12. The Kier molecular flexibility index (Phi) is 4.05. The fourth-order valence-corrected chi connectivity index (χ4v) is 2.03. The summed E-state index contributed by atoms with van der Waals surface area (Å²) >= 11 is 0. The zero-order valence-corrected chi connectivity index (χ0v) is 11.6. The lowest BCUT2D eigenvalue weighted by atomic mass is 10.1. The molecule has 1 aromatic heterocycles. The van der Waals surface area contributed by atoms with Crippen molar-refractivity contribution in [1.82, 2.24) is 9.97 Å². The molecule has 1 N–H and O–H groups in total. The van der Waals surface area contributed by atoms with Crippen molar-refractivity contribution in [3.8, 4) is 0 Å². The van der Waals surface area contributed by atoms with Gasteiger partial charge in [-0.1, -0.05) is 0 Å². The highest BCUT2D eigenvalue weighted by Gasteiger charge is 2.22. The number of rotatable bonds is 4. The third kappa shape index (κ3) is 3.25. The number of sulfone groups is 1. The van der Waals surface area contributed by atoms with Crippen LogP contribution in [0.3, 0.4) is 0 Å². The first-order chi connectivity index (χ1) is 8.12. The highest BCUT2D eigenvalue weighted by molar-refractivity contribution is 7.90. The second-order valence-electron chi connectivity index (χ2n) is 4.27. The number of carboxylic acids is 1. The van der Waals surface area contributed by atoms with Crippen molar-refractivity contribution in [1.29, 1.82) is 0 Å². The smallest absolute Gasteiger partial charge is 0.307 e. The molecule has 0 fully saturated rings. The minimum Gasteiger partial charge on any atom is -0.481 e. The first kappa shape index (κ1) is 14.6. The summed E-state index contributed by atoms with van der Waals surface area (Å²) in [5.74, 6) is -0.754. The molecule has 1 unspecified atom stereocenters. The zero-order valence-electron chi connectivity index (χ0n) is 10.8. The maximum atomic E-state index is 11.4. The molecule has 0 radical (unpaired) electrons. The fraction of sp³-hybridized carbons (Fsp3) is 0.545. The van der Waals surface area contributed by atoms with Crippen LogP contribution in [0.15, 0.2) is 0 Å². The molecule has 7 heteroatoms. The van der Waals surface area contributed by atoms with Gasteiger partial charge in [-0.25, -0.2) is 18.4 Å². The van der Waals surface area contributed by atoms with E-state index in [4.69, 9.17) is 5.11 Å². The van der Waals surface area contributed by atoms with E-state index < -0.39 is 21.1 Å². The van der Waals surface area contributed by atoms with Gasteiger partial charge in [-0.15, -0.1) is 0 Å². The maximum Gasteiger partial charge on any atom is 0.307 e. The fourth-order valence-electron chi connectivity index (χ4n) is 1.55. The molecule has 1 heterocycles. The number of carboxylic acid groups (broad SMARTS) is 1. The highest BCUT2D eigenvalue weighted by Crippen LogP contribution is 2.20. The monoisotopic (exact) mass is 272 g/mol. The van der Waals surface area contributed by atoms with E-state index in [1.165, 1.54) is 6.92 Å². The van der Waals surface area contributed by atoms with Crippen LogP contribution in [-0.2, 0) is 21.1 Å². The van der Waals surface area contributed by atoms with E-state index in [1.807, 2.05) is 0 Å². The third-order valence-corrected chi connectivity index (χ3v) is 4.27. The van der Waals surface area contributed by atoms with Crippen LogP contribution in [-0.4, -0.2) is 35.7 Å². The van der Waals surface area contributed by atoms with Crippen LogP contribution in [0.1, 0.15) is 34.9 Å². The maximum absolute atomic E-state index is 11.4. The topological polar surface area (TPSA) is 97.2 Å². The highest BCUT2D eigenvalue weighted by atomic mass is 32.2. The van der Waals surface area contributed by atoms with Gasteiger partial charge in [-0.3, -0.25) is 4.79 Å². The molecule has 0 aliphatic heterocycles. The molecule has 0 aliphatic carbocycles. The van der Waals surface area contributed by atoms with Crippen LogP contribution >= 0.6 is 0 Å². The van der Waals surface area contributed by atoms with Gasteiger partial charge in [0.05, 0.1) is 6.42 Å². The molecule has 0 spiro atoms. The first-order valence-electron chi connectivity index (χ1n) is 5.37. The number of aryl methyl sites for hydroxylation is 2. The standard InChI is InChI=1S/C11H16N2O4S/c1-6-9(5-10(14)15)7(2)13-11(12-6)8(3)18(4,16)17/h8H,5H2,1-4H3,(H,14,15). The molecule has 0 amide bonds. The summed E-state index contributed by atoms with van der Waals surface area (Å²) in [5.41, 5.74) is 1.55. The molecular weight excluding hydrogens is 256 g/mol. The Hall–Kier alpha value is -1.50. The SMILES string of the molecule is Cc1nc(C(C)S(C)(=O)=O)nc(C)c1CC(=O)O. The summed E-state index contributed by atoms with van der Waals surface area (Å²) in [7, 11) is -3.27. The minimum absolute atomic E-state index is 0.162. The number of carbonyl (C=O) groups is 1. The van der Waals surface area contributed by atoms with Crippen molar-refractivity contribution in [2.45, 2.75) is 32.4 Å². The van der Waals surface area contributed by atoms with Crippen molar-refractivity contribution in [2.75, 3.05) is 6.26 Å². The zero-order chi connectivity index (χ0) is 14.1. The van der Waals surface area contributed by atoms with Gasteiger partial charge in [-0.2, -0.15) is 0 Å². The Morgan fingerprint density at radius 3 is 2.06 bits per heavy atom. The summed E-state index contributed by atoms with van der Waals surface area (Å²) in [6, 6.07) is 0. The average molecular weight is 272 g/mol. The number of aliphatic carboxylic acids is 1. The van der Waals surface area contributed by atoms with Gasteiger partial charge in [0.1, 0.15) is 11.1 Å². The predicted octanol–water partition coefficient (Wildman–Crippen LogP) is 0.826. The van der Waals surface area contributed by atoms with Crippen LogP contribution < -0.4 is 0 Å². The van der Waals surface area contributed by atoms with E-state index in [2.05, 4.69) is 9.97 Å². The summed E-state index contributed by atoms with van der Waals surface area (Å²) in [6.45, 7) is 4.83. The Bertz CT molecular complexity index is 558. The molecule has 1 atom stereocenters. The number of nitrogens with zero attached hydrogens (tertiary/aromatic N) is 2. The minimum atomic E-state index is -3.27. The van der Waals surface area contributed by atoms with Crippen LogP contribution in [0.4, 0.5) is 0 Å². The van der Waals surface area contributed by atoms with E-state index in [1.54, 1.807) is 13.8 Å². The first-order valence-corrected chi connectivity index (χ1v) is 7.33.